The zero-order chi connectivity index (χ0) is 38.4. The lowest BCUT2D eigenvalue weighted by atomic mass is 9.88. The molecule has 1 saturated carbocycles. The van der Waals surface area contributed by atoms with Crippen LogP contribution in [0.2, 0.25) is 0 Å². The lowest BCUT2D eigenvalue weighted by molar-refractivity contribution is -0.134. The van der Waals surface area contributed by atoms with Crippen molar-refractivity contribution in [2.75, 3.05) is 56.0 Å². The molecule has 3 saturated heterocycles. The average molecular weight is 754 g/mol. The van der Waals surface area contributed by atoms with E-state index in [0.717, 1.165) is 57.5 Å². The summed E-state index contributed by atoms with van der Waals surface area (Å²) in [6.07, 6.45) is 7.77. The molecule has 15 heteroatoms. The summed E-state index contributed by atoms with van der Waals surface area (Å²) in [4.78, 5) is 70.1. The second-order valence-electron chi connectivity index (χ2n) is 15.3. The normalized spacial score (nSPS) is 20.5. The van der Waals surface area contributed by atoms with Crippen LogP contribution in [0.15, 0.2) is 53.6 Å². The number of ketones is 1. The van der Waals surface area contributed by atoms with E-state index in [9.17, 15) is 19.2 Å². The van der Waals surface area contributed by atoms with E-state index in [1.807, 2.05) is 12.1 Å². The van der Waals surface area contributed by atoms with E-state index in [-0.39, 0.29) is 53.4 Å². The summed E-state index contributed by atoms with van der Waals surface area (Å²) in [6, 6.07) is 10.1. The Hall–Kier alpha value is -5.15. The van der Waals surface area contributed by atoms with Crippen molar-refractivity contribution in [1.82, 2.24) is 34.6 Å². The molecule has 0 radical (unpaired) electrons. The molecule has 2 N–H and O–H groups in total. The number of Topliss-reactive ketones (excluding diaryl/α,β-unsaturated/α-hetero) is 1. The van der Waals surface area contributed by atoms with Gasteiger partial charge in [0.2, 0.25) is 17.8 Å². The van der Waals surface area contributed by atoms with Crippen LogP contribution in [0.3, 0.4) is 0 Å². The highest BCUT2D eigenvalue weighted by Gasteiger charge is 2.41. The van der Waals surface area contributed by atoms with Crippen LogP contribution in [0.4, 0.5) is 26.2 Å². The third-order valence-corrected chi connectivity index (χ3v) is 11.7. The van der Waals surface area contributed by atoms with Gasteiger partial charge in [0.05, 0.1) is 29.9 Å². The van der Waals surface area contributed by atoms with E-state index >= 15 is 8.78 Å². The van der Waals surface area contributed by atoms with Crippen LogP contribution in [0, 0.1) is 6.92 Å². The van der Waals surface area contributed by atoms with E-state index in [1.54, 1.807) is 40.9 Å². The first-order valence-electron chi connectivity index (χ1n) is 19.1. The number of anilines is 3. The number of carbonyl (C=O) groups is 3. The minimum atomic E-state index is -3.08. The maximum atomic E-state index is 15.4. The van der Waals surface area contributed by atoms with Crippen molar-refractivity contribution in [2.24, 2.45) is 0 Å². The maximum Gasteiger partial charge on any atom is 0.285 e. The molecule has 6 heterocycles. The Morgan fingerprint density at radius 3 is 2.42 bits per heavy atom. The molecule has 3 aromatic heterocycles. The van der Waals surface area contributed by atoms with Gasteiger partial charge in [-0.05, 0) is 62.4 Å². The Labute approximate surface area is 317 Å². The van der Waals surface area contributed by atoms with Crippen molar-refractivity contribution in [1.29, 1.82) is 0 Å². The zero-order valence-electron chi connectivity index (χ0n) is 31.1. The number of piperazine rings is 1. The molecule has 1 atom stereocenters. The largest absolute Gasteiger partial charge is 0.368 e. The number of benzene rings is 1. The summed E-state index contributed by atoms with van der Waals surface area (Å²) in [5.41, 5.74) is 2.39. The zero-order valence-corrected chi connectivity index (χ0v) is 31.1. The maximum absolute atomic E-state index is 15.4. The summed E-state index contributed by atoms with van der Waals surface area (Å²) < 4.78 is 32.6. The van der Waals surface area contributed by atoms with Crippen LogP contribution in [-0.2, 0) is 15.5 Å². The molecular formula is C40H45F2N9O4. The van der Waals surface area contributed by atoms with Crippen LogP contribution in [-0.4, -0.2) is 98.8 Å². The molecule has 0 spiro atoms. The number of likely N-dealkylation sites (tertiary alicyclic amines) is 1. The number of carbonyl (C=O) groups excluding carboxylic acids is 3. The number of amides is 2. The summed E-state index contributed by atoms with van der Waals surface area (Å²) >= 11 is 0. The van der Waals surface area contributed by atoms with Crippen molar-refractivity contribution in [3.63, 3.8) is 0 Å². The highest BCUT2D eigenvalue weighted by atomic mass is 19.3. The van der Waals surface area contributed by atoms with Gasteiger partial charge in [-0.25, -0.2) is 9.97 Å². The molecule has 0 bridgehead atoms. The molecule has 1 aromatic carbocycles. The summed E-state index contributed by atoms with van der Waals surface area (Å²) in [5.74, 6) is -3.83. The molecule has 1 unspecified atom stereocenters. The number of nitrogens with one attached hydrogen (secondary N) is 2. The minimum Gasteiger partial charge on any atom is -0.368 e. The SMILES string of the molecule is CC(=O)c1c(C)c2cnc(Nc3ccc(N4CCN(C5CN(CC(F)(F)c6cccc(C7CCC(=O)NC7=O)c6)C5)CC4)cn3)nc2n(C2CCCC2)c1=O. The van der Waals surface area contributed by atoms with Gasteiger partial charge in [-0.1, -0.05) is 31.0 Å². The van der Waals surface area contributed by atoms with E-state index in [1.165, 1.54) is 19.1 Å². The van der Waals surface area contributed by atoms with Crippen LogP contribution in [0.25, 0.3) is 11.0 Å². The van der Waals surface area contributed by atoms with Crippen LogP contribution >= 0.6 is 0 Å². The van der Waals surface area contributed by atoms with Gasteiger partial charge >= 0.3 is 0 Å². The van der Waals surface area contributed by atoms with Crippen molar-refractivity contribution in [3.05, 3.63) is 81.4 Å². The van der Waals surface area contributed by atoms with E-state index < -0.39 is 17.7 Å². The number of piperidine rings is 1. The predicted octanol–water partition coefficient (Wildman–Crippen LogP) is 4.67. The monoisotopic (exact) mass is 753 g/mol. The molecule has 55 heavy (non-hydrogen) atoms. The van der Waals surface area contributed by atoms with Gasteiger partial charge in [0.1, 0.15) is 11.5 Å². The third-order valence-electron chi connectivity index (χ3n) is 11.7. The molecule has 13 nitrogen and oxygen atoms in total. The smallest absolute Gasteiger partial charge is 0.285 e. The Kier molecular flexibility index (Phi) is 9.92. The number of pyridine rings is 2. The van der Waals surface area contributed by atoms with Gasteiger partial charge in [-0.3, -0.25) is 38.9 Å². The molecule has 4 fully saturated rings. The molecule has 8 rings (SSSR count). The fourth-order valence-electron chi connectivity index (χ4n) is 8.68. The van der Waals surface area contributed by atoms with E-state index in [2.05, 4.69) is 30.4 Å². The first-order valence-corrected chi connectivity index (χ1v) is 19.1. The molecule has 1 aliphatic carbocycles. The van der Waals surface area contributed by atoms with E-state index in [0.29, 0.717) is 53.4 Å². The quantitative estimate of drug-likeness (QED) is 0.172. The van der Waals surface area contributed by atoms with Crippen LogP contribution in [0.5, 0.6) is 0 Å². The fraction of sp³-hybridized carbons (Fsp3) is 0.475. The summed E-state index contributed by atoms with van der Waals surface area (Å²) in [5, 5.41) is 6.18. The number of hydrogen-bond acceptors (Lipinski definition) is 11. The fourth-order valence-corrected chi connectivity index (χ4v) is 8.68. The Morgan fingerprint density at radius 2 is 1.73 bits per heavy atom. The lowest BCUT2D eigenvalue weighted by Crippen LogP contribution is -2.64. The number of rotatable bonds is 10. The molecule has 2 amide bonds. The molecular weight excluding hydrogens is 708 g/mol. The molecule has 288 valence electrons. The number of halogens is 2. The van der Waals surface area contributed by atoms with Gasteiger partial charge in [0, 0.05) is 74.9 Å². The second kappa shape index (κ2) is 14.8. The van der Waals surface area contributed by atoms with Crippen molar-refractivity contribution in [2.45, 2.75) is 76.3 Å². The number of aryl methyl sites for hydroxylation is 1. The number of alkyl halides is 2. The van der Waals surface area contributed by atoms with Crippen molar-refractivity contribution >= 4 is 46.1 Å². The Balaban J connectivity index is 0.851. The average Bonchev–Trinajstić information content (AvgIpc) is 3.68. The first-order chi connectivity index (χ1) is 26.4. The highest BCUT2D eigenvalue weighted by Crippen LogP contribution is 2.35. The van der Waals surface area contributed by atoms with Gasteiger partial charge in [-0.2, -0.15) is 13.8 Å². The van der Waals surface area contributed by atoms with Gasteiger partial charge < -0.3 is 10.2 Å². The Morgan fingerprint density at radius 1 is 0.964 bits per heavy atom. The topological polar surface area (TPSA) is 146 Å². The van der Waals surface area contributed by atoms with Gasteiger partial charge in [-0.15, -0.1) is 0 Å². The number of aromatic nitrogens is 4. The van der Waals surface area contributed by atoms with Crippen molar-refractivity contribution in [3.8, 4) is 0 Å². The lowest BCUT2D eigenvalue weighted by Gasteiger charge is -2.49. The first kappa shape index (κ1) is 36.8. The third kappa shape index (κ3) is 7.34. The summed E-state index contributed by atoms with van der Waals surface area (Å²) in [6.45, 7) is 7.11. The molecule has 3 aliphatic heterocycles. The van der Waals surface area contributed by atoms with Gasteiger partial charge in [0.25, 0.3) is 11.5 Å². The van der Waals surface area contributed by atoms with Crippen LogP contribution < -0.4 is 21.1 Å². The van der Waals surface area contributed by atoms with Gasteiger partial charge in [0.15, 0.2) is 5.78 Å². The molecule has 4 aromatic rings. The molecule has 4 aliphatic rings. The Bertz CT molecular complexity index is 2190. The summed E-state index contributed by atoms with van der Waals surface area (Å²) in [7, 11) is 0. The van der Waals surface area contributed by atoms with E-state index in [4.69, 9.17) is 4.98 Å². The number of nitrogens with zero attached hydrogens (tertiary/aromatic N) is 7. The number of fused-ring (bicyclic) bond motifs is 1. The number of imide groups is 1. The standard InChI is InChI=1S/C40H45F2N9O4/c1-24-32-20-44-39(47-36(32)51(28-8-3-4-9-28)38(55)35(24)25(2)52)45-33-12-10-29(19-43-33)49-14-16-50(17-15-49)30-21-48(22-30)23-40(41,42)27-7-5-6-26(18-27)31-11-13-34(53)46-37(31)54/h5-7,10,12,18-20,28,30-31H,3-4,8-9,11,13-17,21-23H2,1-2H3,(H,46,53,54)(H,43,44,45,47). The minimum absolute atomic E-state index is 0.00859. The number of hydrogen-bond donors (Lipinski definition) is 2. The van der Waals surface area contributed by atoms with Crippen LogP contribution in [0.1, 0.15) is 84.5 Å². The van der Waals surface area contributed by atoms with Crippen molar-refractivity contribution < 1.29 is 23.2 Å². The second-order valence-corrected chi connectivity index (χ2v) is 15.3. The highest BCUT2D eigenvalue weighted by molar-refractivity contribution is 6.01. The predicted molar refractivity (Wildman–Crippen MR) is 203 cm³/mol.